The van der Waals surface area contributed by atoms with E-state index in [1.54, 1.807) is 12.1 Å². The molecule has 0 aromatic heterocycles. The van der Waals surface area contributed by atoms with Crippen LogP contribution in [0.25, 0.3) is 0 Å². The minimum atomic E-state index is -0.722. The van der Waals surface area contributed by atoms with Gasteiger partial charge in [-0.3, -0.25) is 9.69 Å². The van der Waals surface area contributed by atoms with Crippen LogP contribution in [0, 0.1) is 11.7 Å². The van der Waals surface area contributed by atoms with Gasteiger partial charge >= 0.3 is 5.97 Å². The maximum absolute atomic E-state index is 13.7. The molecule has 1 heterocycles. The monoisotopic (exact) mass is 391 g/mol. The number of halogens is 2. The van der Waals surface area contributed by atoms with Crippen molar-refractivity contribution in [1.82, 2.24) is 4.90 Å². The summed E-state index contributed by atoms with van der Waals surface area (Å²) in [5.74, 6) is -1.25. The van der Waals surface area contributed by atoms with Crippen molar-refractivity contribution in [3.8, 4) is 0 Å². The second-order valence-electron chi connectivity index (χ2n) is 6.16. The zero-order chi connectivity index (χ0) is 17.1. The Morgan fingerprint density at radius 1 is 1.12 bits per heavy atom. The lowest BCUT2D eigenvalue weighted by Crippen LogP contribution is -2.39. The molecule has 0 saturated carbocycles. The first-order valence-electron chi connectivity index (χ1n) is 8.02. The summed E-state index contributed by atoms with van der Waals surface area (Å²) < 4.78 is 14.7. The highest BCUT2D eigenvalue weighted by molar-refractivity contribution is 9.10. The predicted octanol–water partition coefficient (Wildman–Crippen LogP) is 4.47. The highest BCUT2D eigenvalue weighted by Crippen LogP contribution is 2.33. The maximum atomic E-state index is 13.7. The van der Waals surface area contributed by atoms with Gasteiger partial charge in [0.05, 0.1) is 12.0 Å². The number of carboxylic acids is 1. The topological polar surface area (TPSA) is 40.5 Å². The first-order valence-corrected chi connectivity index (χ1v) is 8.81. The van der Waals surface area contributed by atoms with E-state index in [9.17, 15) is 14.3 Å². The lowest BCUT2D eigenvalue weighted by atomic mass is 9.91. The summed E-state index contributed by atoms with van der Waals surface area (Å²) in [6.07, 6.45) is 1.25. The fraction of sp³-hybridized carbons (Fsp3) is 0.316. The van der Waals surface area contributed by atoms with E-state index in [0.29, 0.717) is 25.9 Å². The molecule has 5 heteroatoms. The molecule has 1 N–H and O–H groups in total. The molecule has 3 nitrogen and oxygen atoms in total. The number of piperidine rings is 1. The first kappa shape index (κ1) is 17.1. The smallest absolute Gasteiger partial charge is 0.306 e. The van der Waals surface area contributed by atoms with Gasteiger partial charge < -0.3 is 5.11 Å². The van der Waals surface area contributed by atoms with E-state index in [-0.39, 0.29) is 17.8 Å². The Hall–Kier alpha value is -1.72. The van der Waals surface area contributed by atoms with Gasteiger partial charge in [0.2, 0.25) is 0 Å². The lowest BCUT2D eigenvalue weighted by molar-refractivity contribution is -0.143. The Morgan fingerprint density at radius 3 is 2.38 bits per heavy atom. The summed E-state index contributed by atoms with van der Waals surface area (Å²) in [7, 11) is 0. The molecule has 0 amide bonds. The van der Waals surface area contributed by atoms with E-state index in [0.717, 1.165) is 15.6 Å². The fourth-order valence-corrected chi connectivity index (χ4v) is 3.60. The van der Waals surface area contributed by atoms with Gasteiger partial charge in [-0.25, -0.2) is 4.39 Å². The molecule has 1 fully saturated rings. The third-order valence-electron chi connectivity index (χ3n) is 4.59. The molecule has 1 atom stereocenters. The molecule has 0 bridgehead atoms. The van der Waals surface area contributed by atoms with Crippen molar-refractivity contribution in [1.29, 1.82) is 0 Å². The van der Waals surface area contributed by atoms with Crippen molar-refractivity contribution in [3.05, 3.63) is 69.9 Å². The van der Waals surface area contributed by atoms with Crippen LogP contribution in [0.15, 0.2) is 53.0 Å². The van der Waals surface area contributed by atoms with Gasteiger partial charge in [0, 0.05) is 4.47 Å². The molecule has 3 rings (SSSR count). The molecular weight excluding hydrogens is 373 g/mol. The minimum absolute atomic E-state index is 0.0662. The van der Waals surface area contributed by atoms with E-state index in [1.165, 1.54) is 6.07 Å². The molecule has 126 valence electrons. The highest BCUT2D eigenvalue weighted by Gasteiger charge is 2.30. The van der Waals surface area contributed by atoms with Crippen molar-refractivity contribution in [3.63, 3.8) is 0 Å². The van der Waals surface area contributed by atoms with Gasteiger partial charge in [-0.2, -0.15) is 0 Å². The number of hydrogen-bond donors (Lipinski definition) is 1. The van der Waals surface area contributed by atoms with Gasteiger partial charge in [0.15, 0.2) is 0 Å². The quantitative estimate of drug-likeness (QED) is 0.835. The molecule has 1 saturated heterocycles. The highest BCUT2D eigenvalue weighted by atomic mass is 79.9. The number of aliphatic carboxylic acids is 1. The third-order valence-corrected chi connectivity index (χ3v) is 5.12. The molecule has 1 aliphatic heterocycles. The van der Waals surface area contributed by atoms with Crippen molar-refractivity contribution < 1.29 is 14.3 Å². The van der Waals surface area contributed by atoms with Crippen molar-refractivity contribution >= 4 is 21.9 Å². The standard InChI is InChI=1S/C19H19BrFNO2/c20-16-6-4-13(5-7-16)18(15-2-1-3-17(21)12-15)22-10-8-14(9-11-22)19(23)24/h1-7,12,14,18H,8-11H2,(H,23,24). The van der Waals surface area contributed by atoms with Crippen LogP contribution in [0.3, 0.4) is 0 Å². The maximum Gasteiger partial charge on any atom is 0.306 e. The Bertz CT molecular complexity index is 712. The first-order chi connectivity index (χ1) is 11.5. The van der Waals surface area contributed by atoms with Crippen LogP contribution in [0.4, 0.5) is 4.39 Å². The van der Waals surface area contributed by atoms with Gasteiger partial charge in [-0.05, 0) is 61.3 Å². The normalized spacial score (nSPS) is 17.6. The molecule has 24 heavy (non-hydrogen) atoms. The Kier molecular flexibility index (Phi) is 5.31. The lowest BCUT2D eigenvalue weighted by Gasteiger charge is -2.37. The largest absolute Gasteiger partial charge is 0.481 e. The van der Waals surface area contributed by atoms with Crippen molar-refractivity contribution in [2.24, 2.45) is 5.92 Å². The van der Waals surface area contributed by atoms with Gasteiger partial charge in [-0.15, -0.1) is 0 Å². The van der Waals surface area contributed by atoms with Crippen LogP contribution in [-0.4, -0.2) is 29.1 Å². The summed E-state index contributed by atoms with van der Waals surface area (Å²) in [6, 6.07) is 14.6. The number of carbonyl (C=O) groups is 1. The molecule has 0 aliphatic carbocycles. The summed E-state index contributed by atoms with van der Waals surface area (Å²) in [5, 5.41) is 9.19. The van der Waals surface area contributed by atoms with E-state index in [2.05, 4.69) is 20.8 Å². The summed E-state index contributed by atoms with van der Waals surface area (Å²) >= 11 is 3.44. The van der Waals surface area contributed by atoms with Gasteiger partial charge in [0.1, 0.15) is 5.82 Å². The van der Waals surface area contributed by atoms with Gasteiger partial charge in [0.25, 0.3) is 0 Å². The van der Waals surface area contributed by atoms with Crippen molar-refractivity contribution in [2.75, 3.05) is 13.1 Å². The number of carboxylic acid groups (broad SMARTS) is 1. The summed E-state index contributed by atoms with van der Waals surface area (Å²) in [6.45, 7) is 1.38. The number of likely N-dealkylation sites (tertiary alicyclic amines) is 1. The van der Waals surface area contributed by atoms with Crippen LogP contribution < -0.4 is 0 Å². The van der Waals surface area contributed by atoms with E-state index in [4.69, 9.17) is 0 Å². The minimum Gasteiger partial charge on any atom is -0.481 e. The number of rotatable bonds is 4. The van der Waals surface area contributed by atoms with Crippen LogP contribution >= 0.6 is 15.9 Å². The van der Waals surface area contributed by atoms with Crippen LogP contribution in [0.2, 0.25) is 0 Å². The van der Waals surface area contributed by atoms with E-state index < -0.39 is 5.97 Å². The average molecular weight is 392 g/mol. The van der Waals surface area contributed by atoms with Crippen molar-refractivity contribution in [2.45, 2.75) is 18.9 Å². The molecule has 0 spiro atoms. The zero-order valence-electron chi connectivity index (χ0n) is 13.2. The number of hydrogen-bond acceptors (Lipinski definition) is 2. The number of nitrogens with zero attached hydrogens (tertiary/aromatic N) is 1. The number of benzene rings is 2. The Morgan fingerprint density at radius 2 is 1.79 bits per heavy atom. The SMILES string of the molecule is O=C(O)C1CCN(C(c2ccc(Br)cc2)c2cccc(F)c2)CC1. The second-order valence-corrected chi connectivity index (χ2v) is 7.07. The summed E-state index contributed by atoms with van der Waals surface area (Å²) in [4.78, 5) is 13.4. The summed E-state index contributed by atoms with van der Waals surface area (Å²) in [5.41, 5.74) is 1.98. The third kappa shape index (κ3) is 3.84. The molecule has 1 unspecified atom stereocenters. The molecule has 2 aromatic carbocycles. The van der Waals surface area contributed by atoms with Crippen LogP contribution in [-0.2, 0) is 4.79 Å². The van der Waals surface area contributed by atoms with E-state index >= 15 is 0 Å². The molecule has 0 radical (unpaired) electrons. The molecule has 2 aromatic rings. The Labute approximate surface area is 149 Å². The van der Waals surface area contributed by atoms with E-state index in [1.807, 2.05) is 30.3 Å². The van der Waals surface area contributed by atoms with Gasteiger partial charge in [-0.1, -0.05) is 40.2 Å². The fourth-order valence-electron chi connectivity index (χ4n) is 3.34. The average Bonchev–Trinajstić information content (AvgIpc) is 2.57. The molecular formula is C19H19BrFNO2. The van der Waals surface area contributed by atoms with Crippen LogP contribution in [0.5, 0.6) is 0 Å². The Balaban J connectivity index is 1.91. The molecule has 1 aliphatic rings. The zero-order valence-corrected chi connectivity index (χ0v) is 14.7. The van der Waals surface area contributed by atoms with Crippen LogP contribution in [0.1, 0.15) is 30.0 Å². The second kappa shape index (κ2) is 7.45. The predicted molar refractivity (Wildman–Crippen MR) is 94.3 cm³/mol.